The zero-order valence-electron chi connectivity index (χ0n) is 10.7. The Morgan fingerprint density at radius 3 is 2.79 bits per heavy atom. The number of nitrogens with zero attached hydrogens (tertiary/aromatic N) is 1. The van der Waals surface area contributed by atoms with Crippen molar-refractivity contribution < 1.29 is 4.74 Å². The SMILES string of the molecule is CCCOc1nc(Nc2ccccc2I)ccc1N. The summed E-state index contributed by atoms with van der Waals surface area (Å²) >= 11 is 2.28. The van der Waals surface area contributed by atoms with Crippen molar-refractivity contribution in [3.05, 3.63) is 40.0 Å². The van der Waals surface area contributed by atoms with Gasteiger partial charge in [0.2, 0.25) is 5.88 Å². The van der Waals surface area contributed by atoms with Crippen LogP contribution in [0.5, 0.6) is 5.88 Å². The van der Waals surface area contributed by atoms with Crippen LogP contribution in [-0.2, 0) is 0 Å². The largest absolute Gasteiger partial charge is 0.476 e. The molecule has 0 unspecified atom stereocenters. The van der Waals surface area contributed by atoms with Crippen molar-refractivity contribution in [2.75, 3.05) is 17.7 Å². The van der Waals surface area contributed by atoms with Gasteiger partial charge in [-0.15, -0.1) is 0 Å². The van der Waals surface area contributed by atoms with E-state index < -0.39 is 0 Å². The molecule has 0 bridgehead atoms. The third-order valence-electron chi connectivity index (χ3n) is 2.47. The summed E-state index contributed by atoms with van der Waals surface area (Å²) in [6, 6.07) is 11.7. The van der Waals surface area contributed by atoms with Crippen LogP contribution in [0.15, 0.2) is 36.4 Å². The molecule has 0 aliphatic carbocycles. The predicted octanol–water partition coefficient (Wildman–Crippen LogP) is 3.80. The van der Waals surface area contributed by atoms with E-state index in [1.54, 1.807) is 6.07 Å². The van der Waals surface area contributed by atoms with Gasteiger partial charge in [-0.3, -0.25) is 0 Å². The minimum absolute atomic E-state index is 0.484. The lowest BCUT2D eigenvalue weighted by atomic mass is 10.3. The van der Waals surface area contributed by atoms with E-state index in [0.717, 1.165) is 21.5 Å². The number of nitrogens with one attached hydrogen (secondary N) is 1. The Morgan fingerprint density at radius 2 is 2.05 bits per heavy atom. The van der Waals surface area contributed by atoms with Gasteiger partial charge < -0.3 is 15.8 Å². The highest BCUT2D eigenvalue weighted by molar-refractivity contribution is 14.1. The summed E-state index contributed by atoms with van der Waals surface area (Å²) in [6.45, 7) is 2.66. The van der Waals surface area contributed by atoms with Gasteiger partial charge in [0.05, 0.1) is 18.0 Å². The number of halogens is 1. The molecule has 3 N–H and O–H groups in total. The molecule has 2 rings (SSSR count). The number of rotatable bonds is 5. The molecule has 4 nitrogen and oxygen atoms in total. The van der Waals surface area contributed by atoms with E-state index in [1.165, 1.54) is 0 Å². The van der Waals surface area contributed by atoms with Gasteiger partial charge in [-0.2, -0.15) is 4.98 Å². The maximum absolute atomic E-state index is 5.84. The average molecular weight is 369 g/mol. The molecule has 0 atom stereocenters. The van der Waals surface area contributed by atoms with Crippen molar-refractivity contribution >= 4 is 39.8 Å². The fourth-order valence-corrected chi connectivity index (χ4v) is 2.06. The highest BCUT2D eigenvalue weighted by Gasteiger charge is 2.05. The van der Waals surface area contributed by atoms with Gasteiger partial charge in [-0.05, 0) is 53.3 Å². The number of hydrogen-bond donors (Lipinski definition) is 2. The van der Waals surface area contributed by atoms with Gasteiger partial charge in [0.25, 0.3) is 0 Å². The molecule has 0 radical (unpaired) electrons. The molecule has 2 aromatic rings. The third-order valence-corrected chi connectivity index (χ3v) is 3.41. The molecule has 100 valence electrons. The van der Waals surface area contributed by atoms with Crippen LogP contribution in [0.2, 0.25) is 0 Å². The first kappa shape index (κ1) is 13.9. The number of para-hydroxylation sites is 1. The highest BCUT2D eigenvalue weighted by atomic mass is 127. The lowest BCUT2D eigenvalue weighted by Gasteiger charge is -2.11. The van der Waals surface area contributed by atoms with Crippen molar-refractivity contribution in [3.8, 4) is 5.88 Å². The molecule has 1 heterocycles. The van der Waals surface area contributed by atoms with E-state index in [4.69, 9.17) is 10.5 Å². The van der Waals surface area contributed by atoms with Gasteiger partial charge in [0.1, 0.15) is 5.82 Å². The summed E-state index contributed by atoms with van der Waals surface area (Å²) in [5.41, 5.74) is 7.41. The summed E-state index contributed by atoms with van der Waals surface area (Å²) in [7, 11) is 0. The van der Waals surface area contributed by atoms with Crippen LogP contribution in [0.1, 0.15) is 13.3 Å². The second-order valence-electron chi connectivity index (χ2n) is 4.04. The van der Waals surface area contributed by atoms with Crippen LogP contribution in [0.3, 0.4) is 0 Å². The standard InChI is InChI=1S/C14H16IN3O/c1-2-9-19-14-11(16)7-8-13(18-14)17-12-6-4-3-5-10(12)15/h3-8H,2,9,16H2,1H3,(H,17,18). The van der Waals surface area contributed by atoms with E-state index in [1.807, 2.05) is 37.3 Å². The van der Waals surface area contributed by atoms with Crippen molar-refractivity contribution in [2.45, 2.75) is 13.3 Å². The van der Waals surface area contributed by atoms with Gasteiger partial charge in [-0.1, -0.05) is 19.1 Å². The molecule has 0 spiro atoms. The van der Waals surface area contributed by atoms with E-state index in [-0.39, 0.29) is 0 Å². The maximum atomic E-state index is 5.84. The van der Waals surface area contributed by atoms with Gasteiger partial charge >= 0.3 is 0 Å². The van der Waals surface area contributed by atoms with E-state index in [9.17, 15) is 0 Å². The zero-order chi connectivity index (χ0) is 13.7. The number of nitrogen functional groups attached to an aromatic ring is 1. The Hall–Kier alpha value is -1.50. The van der Waals surface area contributed by atoms with Crippen LogP contribution in [0.4, 0.5) is 17.2 Å². The van der Waals surface area contributed by atoms with Crippen LogP contribution in [0, 0.1) is 3.57 Å². The first-order valence-corrected chi connectivity index (χ1v) is 7.19. The number of anilines is 3. The topological polar surface area (TPSA) is 60.2 Å². The Labute approximate surface area is 126 Å². The number of aromatic nitrogens is 1. The Bertz CT molecular complexity index is 560. The molecule has 0 saturated carbocycles. The normalized spacial score (nSPS) is 10.2. The van der Waals surface area contributed by atoms with Gasteiger partial charge in [0.15, 0.2) is 0 Å². The predicted molar refractivity (Wildman–Crippen MR) is 86.9 cm³/mol. The van der Waals surface area contributed by atoms with Crippen molar-refractivity contribution in [2.24, 2.45) is 0 Å². The zero-order valence-corrected chi connectivity index (χ0v) is 12.8. The minimum atomic E-state index is 0.484. The number of pyridine rings is 1. The van der Waals surface area contributed by atoms with Crippen LogP contribution in [-0.4, -0.2) is 11.6 Å². The lowest BCUT2D eigenvalue weighted by Crippen LogP contribution is -2.03. The second-order valence-corrected chi connectivity index (χ2v) is 5.21. The van der Waals surface area contributed by atoms with E-state index in [2.05, 4.69) is 32.9 Å². The first-order valence-electron chi connectivity index (χ1n) is 6.11. The molecule has 0 aliphatic heterocycles. The average Bonchev–Trinajstić information content (AvgIpc) is 2.42. The summed E-state index contributed by atoms with van der Waals surface area (Å²) in [5.74, 6) is 1.21. The monoisotopic (exact) mass is 369 g/mol. The Kier molecular flexibility index (Phi) is 4.84. The van der Waals surface area contributed by atoms with Crippen LogP contribution in [0.25, 0.3) is 0 Å². The molecule has 0 aliphatic rings. The van der Waals surface area contributed by atoms with Crippen LogP contribution >= 0.6 is 22.6 Å². The molecule has 5 heteroatoms. The van der Waals surface area contributed by atoms with Gasteiger partial charge in [-0.25, -0.2) is 0 Å². The minimum Gasteiger partial charge on any atom is -0.476 e. The summed E-state index contributed by atoms with van der Waals surface area (Å²) in [5, 5.41) is 3.26. The molecule has 0 fully saturated rings. The molecule has 19 heavy (non-hydrogen) atoms. The smallest absolute Gasteiger partial charge is 0.239 e. The summed E-state index contributed by atoms with van der Waals surface area (Å²) in [6.07, 6.45) is 0.926. The van der Waals surface area contributed by atoms with E-state index in [0.29, 0.717) is 18.2 Å². The molecule has 0 amide bonds. The summed E-state index contributed by atoms with van der Waals surface area (Å²) < 4.78 is 6.65. The van der Waals surface area contributed by atoms with Gasteiger partial charge in [0, 0.05) is 3.57 Å². The fraction of sp³-hybridized carbons (Fsp3) is 0.214. The molecule has 0 saturated heterocycles. The lowest BCUT2D eigenvalue weighted by molar-refractivity contribution is 0.307. The maximum Gasteiger partial charge on any atom is 0.239 e. The van der Waals surface area contributed by atoms with E-state index >= 15 is 0 Å². The van der Waals surface area contributed by atoms with Crippen molar-refractivity contribution in [1.29, 1.82) is 0 Å². The second kappa shape index (κ2) is 6.60. The fourth-order valence-electron chi connectivity index (χ4n) is 1.54. The molecule has 1 aromatic heterocycles. The number of nitrogens with two attached hydrogens (primary N) is 1. The highest BCUT2D eigenvalue weighted by Crippen LogP contribution is 2.25. The quantitative estimate of drug-likeness (QED) is 0.788. The van der Waals surface area contributed by atoms with Crippen molar-refractivity contribution in [3.63, 3.8) is 0 Å². The number of hydrogen-bond acceptors (Lipinski definition) is 4. The number of ether oxygens (including phenoxy) is 1. The first-order chi connectivity index (χ1) is 9.20. The van der Waals surface area contributed by atoms with Crippen LogP contribution < -0.4 is 15.8 Å². The third kappa shape index (κ3) is 3.73. The molecule has 1 aromatic carbocycles. The number of benzene rings is 1. The molecular formula is C14H16IN3O. The molecular weight excluding hydrogens is 353 g/mol. The summed E-state index contributed by atoms with van der Waals surface area (Å²) in [4.78, 5) is 4.38. The van der Waals surface area contributed by atoms with Crippen molar-refractivity contribution in [1.82, 2.24) is 4.98 Å². The Balaban J connectivity index is 2.19. The Morgan fingerprint density at radius 1 is 1.26 bits per heavy atom.